The van der Waals surface area contributed by atoms with Gasteiger partial charge in [-0.05, 0) is 54.6 Å². The molecule has 1 heterocycles. The molecule has 0 atom stereocenters. The fourth-order valence-electron chi connectivity index (χ4n) is 5.16. The maximum absolute atomic E-state index is 13.8. The van der Waals surface area contributed by atoms with Gasteiger partial charge >= 0.3 is 0 Å². The molecule has 1 aliphatic rings. The second-order valence-corrected chi connectivity index (χ2v) is 9.90. The zero-order valence-electron chi connectivity index (χ0n) is 20.5. The fraction of sp³-hybridized carbons (Fsp3) is 0.345. The van der Waals surface area contributed by atoms with E-state index >= 15 is 0 Å². The number of likely N-dealkylation sites (N-methyl/N-ethyl adjacent to an activating group) is 1. The summed E-state index contributed by atoms with van der Waals surface area (Å²) in [4.78, 5) is 17.9. The van der Waals surface area contributed by atoms with Crippen LogP contribution in [0.3, 0.4) is 0 Å². The van der Waals surface area contributed by atoms with E-state index in [1.165, 1.54) is 0 Å². The molecule has 186 valence electrons. The van der Waals surface area contributed by atoms with Crippen molar-refractivity contribution in [2.75, 3.05) is 33.7 Å². The first kappa shape index (κ1) is 26.9. The first-order valence-electron chi connectivity index (χ1n) is 11.9. The molecule has 0 unspecified atom stereocenters. The number of hydrogen-bond donors (Lipinski definition) is 1. The van der Waals surface area contributed by atoms with Crippen LogP contribution in [0.5, 0.6) is 0 Å². The lowest BCUT2D eigenvalue weighted by Gasteiger charge is -2.41. The smallest absolute Gasteiger partial charge is 0.237 e. The van der Waals surface area contributed by atoms with Gasteiger partial charge in [0.05, 0.1) is 5.60 Å². The van der Waals surface area contributed by atoms with E-state index in [1.807, 2.05) is 74.8 Å². The molecular formula is C29H35ClN2O3. The monoisotopic (exact) mass is 494 g/mol. The number of aliphatic hydroxyl groups is 1. The Labute approximate surface area is 213 Å². The van der Waals surface area contributed by atoms with E-state index in [9.17, 15) is 9.90 Å². The molecule has 3 aromatic rings. The molecule has 0 aromatic heterocycles. The number of benzene rings is 3. The van der Waals surface area contributed by atoms with Gasteiger partial charge in [-0.1, -0.05) is 84.4 Å². The van der Waals surface area contributed by atoms with Crippen molar-refractivity contribution in [1.82, 2.24) is 9.80 Å². The fourth-order valence-corrected chi connectivity index (χ4v) is 5.28. The third-order valence-corrected chi connectivity index (χ3v) is 7.42. The van der Waals surface area contributed by atoms with E-state index in [0.29, 0.717) is 24.3 Å². The average Bonchev–Trinajstić information content (AvgIpc) is 2.87. The van der Waals surface area contributed by atoms with Crippen LogP contribution in [0, 0.1) is 0 Å². The summed E-state index contributed by atoms with van der Waals surface area (Å²) < 4.78 is 0. The minimum Gasteiger partial charge on any atom is -0.412 e. The number of rotatable bonds is 7. The molecule has 0 radical (unpaired) electrons. The molecule has 0 bridgehead atoms. The molecule has 1 amide bonds. The number of halogens is 1. The molecule has 35 heavy (non-hydrogen) atoms. The predicted molar refractivity (Wildman–Crippen MR) is 142 cm³/mol. The SMILES string of the molecule is CN(C)C(=O)C(CCN1CCC(O)(c2ccc(Cl)cc2)CC1)(c1ccccc1)c1ccccc1.O. The maximum atomic E-state index is 13.8. The largest absolute Gasteiger partial charge is 0.412 e. The number of hydrogen-bond acceptors (Lipinski definition) is 3. The summed E-state index contributed by atoms with van der Waals surface area (Å²) in [5.74, 6) is 0.0829. The van der Waals surface area contributed by atoms with Crippen molar-refractivity contribution >= 4 is 17.5 Å². The molecule has 1 aliphatic heterocycles. The van der Waals surface area contributed by atoms with Crippen molar-refractivity contribution in [2.24, 2.45) is 0 Å². The van der Waals surface area contributed by atoms with Crippen molar-refractivity contribution in [3.63, 3.8) is 0 Å². The molecule has 0 saturated carbocycles. The second kappa shape index (κ2) is 11.4. The summed E-state index contributed by atoms with van der Waals surface area (Å²) in [7, 11) is 3.66. The third kappa shape index (κ3) is 5.60. The number of nitrogens with zero attached hydrogens (tertiary/aromatic N) is 2. The molecule has 0 spiro atoms. The van der Waals surface area contributed by atoms with Crippen molar-refractivity contribution in [2.45, 2.75) is 30.3 Å². The van der Waals surface area contributed by atoms with E-state index in [2.05, 4.69) is 29.2 Å². The molecule has 1 saturated heterocycles. The van der Waals surface area contributed by atoms with Crippen LogP contribution in [0.2, 0.25) is 5.02 Å². The van der Waals surface area contributed by atoms with Gasteiger partial charge in [0.1, 0.15) is 5.41 Å². The van der Waals surface area contributed by atoms with Gasteiger partial charge in [0.25, 0.3) is 0 Å². The quantitative estimate of drug-likeness (QED) is 0.533. The van der Waals surface area contributed by atoms with Crippen LogP contribution in [0.1, 0.15) is 36.0 Å². The highest BCUT2D eigenvalue weighted by molar-refractivity contribution is 6.30. The van der Waals surface area contributed by atoms with Crippen LogP contribution in [-0.2, 0) is 15.8 Å². The maximum Gasteiger partial charge on any atom is 0.237 e. The zero-order valence-corrected chi connectivity index (χ0v) is 21.2. The first-order valence-corrected chi connectivity index (χ1v) is 12.3. The van der Waals surface area contributed by atoms with Crippen LogP contribution in [0.4, 0.5) is 0 Å². The summed E-state index contributed by atoms with van der Waals surface area (Å²) in [6.07, 6.45) is 1.97. The third-order valence-electron chi connectivity index (χ3n) is 7.17. The zero-order chi connectivity index (χ0) is 24.2. The first-order chi connectivity index (χ1) is 16.3. The van der Waals surface area contributed by atoms with E-state index < -0.39 is 11.0 Å². The van der Waals surface area contributed by atoms with Gasteiger partial charge in [-0.3, -0.25) is 4.79 Å². The summed E-state index contributed by atoms with van der Waals surface area (Å²) >= 11 is 6.03. The standard InChI is InChI=1S/C29H33ClN2O2.H2O/c1-31(2)27(33)29(24-9-5-3-6-10-24,25-11-7-4-8-12-25)19-22-32-20-17-28(34,18-21-32)23-13-15-26(30)16-14-23;/h3-16,34H,17-22H2,1-2H3;1H2. The molecule has 3 N–H and O–H groups in total. The van der Waals surface area contributed by atoms with Crippen molar-refractivity contribution < 1.29 is 15.4 Å². The minimum absolute atomic E-state index is 0. The summed E-state index contributed by atoms with van der Waals surface area (Å²) in [5, 5.41) is 11.9. The molecule has 5 nitrogen and oxygen atoms in total. The molecular weight excluding hydrogens is 460 g/mol. The lowest BCUT2D eigenvalue weighted by Crippen LogP contribution is -2.48. The normalized spacial score (nSPS) is 15.8. The van der Waals surface area contributed by atoms with Crippen LogP contribution in [-0.4, -0.2) is 60.0 Å². The van der Waals surface area contributed by atoms with Crippen LogP contribution < -0.4 is 0 Å². The van der Waals surface area contributed by atoms with E-state index in [0.717, 1.165) is 36.3 Å². The van der Waals surface area contributed by atoms with Crippen LogP contribution >= 0.6 is 11.6 Å². The number of piperidine rings is 1. The van der Waals surface area contributed by atoms with Crippen LogP contribution in [0.25, 0.3) is 0 Å². The Bertz CT molecular complexity index is 1040. The van der Waals surface area contributed by atoms with Gasteiger partial charge in [-0.15, -0.1) is 0 Å². The van der Waals surface area contributed by atoms with Crippen molar-refractivity contribution in [3.8, 4) is 0 Å². The Morgan fingerprint density at radius 3 is 1.86 bits per heavy atom. The van der Waals surface area contributed by atoms with Crippen molar-refractivity contribution in [1.29, 1.82) is 0 Å². The summed E-state index contributed by atoms with van der Waals surface area (Å²) in [6.45, 7) is 2.31. The van der Waals surface area contributed by atoms with Gasteiger partial charge < -0.3 is 20.4 Å². The van der Waals surface area contributed by atoms with Gasteiger partial charge in [0, 0.05) is 32.2 Å². The average molecular weight is 495 g/mol. The van der Waals surface area contributed by atoms with Gasteiger partial charge in [0.15, 0.2) is 0 Å². The van der Waals surface area contributed by atoms with Gasteiger partial charge in [0.2, 0.25) is 5.91 Å². The van der Waals surface area contributed by atoms with Crippen molar-refractivity contribution in [3.05, 3.63) is 107 Å². The topological polar surface area (TPSA) is 75.3 Å². The Balaban J connectivity index is 0.00000342. The number of carbonyl (C=O) groups excluding carboxylic acids is 1. The highest BCUT2D eigenvalue weighted by atomic mass is 35.5. The summed E-state index contributed by atoms with van der Waals surface area (Å²) in [5.41, 5.74) is 1.33. The highest BCUT2D eigenvalue weighted by Gasteiger charge is 2.43. The van der Waals surface area contributed by atoms with Crippen LogP contribution in [0.15, 0.2) is 84.9 Å². The molecule has 0 aliphatic carbocycles. The Kier molecular flexibility index (Phi) is 8.73. The van der Waals surface area contributed by atoms with Gasteiger partial charge in [-0.2, -0.15) is 0 Å². The van der Waals surface area contributed by atoms with Gasteiger partial charge in [-0.25, -0.2) is 0 Å². The summed E-state index contributed by atoms with van der Waals surface area (Å²) in [6, 6.07) is 27.7. The second-order valence-electron chi connectivity index (χ2n) is 9.47. The lowest BCUT2D eigenvalue weighted by atomic mass is 9.70. The van der Waals surface area contributed by atoms with E-state index in [1.54, 1.807) is 4.90 Å². The minimum atomic E-state index is -0.837. The lowest BCUT2D eigenvalue weighted by molar-refractivity contribution is -0.133. The molecule has 4 rings (SSSR count). The van der Waals surface area contributed by atoms with E-state index in [-0.39, 0.29) is 11.4 Å². The Morgan fingerprint density at radius 2 is 1.40 bits per heavy atom. The Hall–Kier alpha value is -2.70. The molecule has 3 aromatic carbocycles. The number of carbonyl (C=O) groups is 1. The Morgan fingerprint density at radius 1 is 0.914 bits per heavy atom. The number of amides is 1. The molecule has 1 fully saturated rings. The van der Waals surface area contributed by atoms with E-state index in [4.69, 9.17) is 11.6 Å². The molecule has 6 heteroatoms. The number of likely N-dealkylation sites (tertiary alicyclic amines) is 1. The predicted octanol–water partition coefficient (Wildman–Crippen LogP) is 4.26. The highest BCUT2D eigenvalue weighted by Crippen LogP contribution is 2.39.